The molecule has 0 fully saturated rings. The number of rotatable bonds is 7. The van der Waals surface area contributed by atoms with Crippen LogP contribution in [0.4, 0.5) is 0 Å². The number of para-hydroxylation sites is 2. The molecule has 0 aliphatic rings. The predicted molar refractivity (Wildman–Crippen MR) is 109 cm³/mol. The van der Waals surface area contributed by atoms with E-state index < -0.39 is 23.9 Å². The largest absolute Gasteiger partial charge is 0.480 e. The van der Waals surface area contributed by atoms with Crippen molar-refractivity contribution in [2.45, 2.75) is 19.4 Å². The summed E-state index contributed by atoms with van der Waals surface area (Å²) >= 11 is 0. The minimum atomic E-state index is -1.20. The summed E-state index contributed by atoms with van der Waals surface area (Å²) in [6.45, 7) is 1.90. The van der Waals surface area contributed by atoms with E-state index in [1.54, 1.807) is 43.3 Å². The van der Waals surface area contributed by atoms with Gasteiger partial charge in [-0.15, -0.1) is 0 Å². The first-order valence-electron chi connectivity index (χ1n) is 9.15. The minimum absolute atomic E-state index is 0.0547. The van der Waals surface area contributed by atoms with Gasteiger partial charge in [0.2, 0.25) is 0 Å². The lowest BCUT2D eigenvalue weighted by molar-refractivity contribution is -0.139. The topological polar surface area (TPSA) is 106 Å². The average Bonchev–Trinajstić information content (AvgIpc) is 2.71. The fourth-order valence-corrected chi connectivity index (χ4v) is 3.03. The van der Waals surface area contributed by atoms with Crippen LogP contribution in [-0.2, 0) is 14.3 Å². The lowest BCUT2D eigenvalue weighted by atomic mass is 10.0. The third-order valence-corrected chi connectivity index (χ3v) is 4.33. The number of pyridine rings is 1. The molecule has 1 amide bonds. The van der Waals surface area contributed by atoms with Gasteiger partial charge in [-0.25, -0.2) is 14.6 Å². The number of fused-ring (bicyclic) bond motifs is 2. The maximum atomic E-state index is 13.1. The molecule has 0 saturated heterocycles. The smallest absolute Gasteiger partial charge is 0.330 e. The zero-order valence-electron chi connectivity index (χ0n) is 15.8. The van der Waals surface area contributed by atoms with Gasteiger partial charge in [0.15, 0.2) is 0 Å². The van der Waals surface area contributed by atoms with Crippen LogP contribution in [0, 0.1) is 0 Å². The summed E-state index contributed by atoms with van der Waals surface area (Å²) in [6.07, 6.45) is 2.48. The van der Waals surface area contributed by atoms with Crippen molar-refractivity contribution in [3.63, 3.8) is 0 Å². The molecule has 1 aromatic heterocycles. The maximum Gasteiger partial charge on any atom is 0.330 e. The number of nitrogens with zero attached hydrogens (tertiary/aromatic N) is 1. The Morgan fingerprint density at radius 2 is 1.66 bits per heavy atom. The average molecular weight is 392 g/mol. The summed E-state index contributed by atoms with van der Waals surface area (Å²) < 4.78 is 4.76. The minimum Gasteiger partial charge on any atom is -0.480 e. The first-order chi connectivity index (χ1) is 14.0. The first-order valence-corrected chi connectivity index (χ1v) is 9.15. The Labute approximate surface area is 167 Å². The summed E-state index contributed by atoms with van der Waals surface area (Å²) in [4.78, 5) is 40.6. The van der Waals surface area contributed by atoms with Gasteiger partial charge in [-0.1, -0.05) is 42.5 Å². The predicted octanol–water partition coefficient (Wildman–Crippen LogP) is 3.08. The number of benzene rings is 2. The van der Waals surface area contributed by atoms with Gasteiger partial charge in [0.25, 0.3) is 5.91 Å². The molecule has 1 atom stereocenters. The Bertz CT molecular complexity index is 1050. The quantitative estimate of drug-likeness (QED) is 0.364. The Hall–Kier alpha value is -3.74. The van der Waals surface area contributed by atoms with Crippen molar-refractivity contribution >= 4 is 39.7 Å². The molecule has 148 valence electrons. The highest BCUT2D eigenvalue weighted by Crippen LogP contribution is 2.26. The molecule has 0 radical (unpaired) electrons. The molecule has 1 heterocycles. The summed E-state index contributed by atoms with van der Waals surface area (Å²) in [5.74, 6) is -2.28. The van der Waals surface area contributed by atoms with Crippen LogP contribution in [0.3, 0.4) is 0 Å². The standard InChI is InChI=1S/C22H20N2O5/c1-2-29-19(25)13-7-12-18(22(27)28)24-21(26)20-14-8-3-5-10-16(14)23-17-11-6-4-9-15(17)20/h3-11,13,18H,2,12H2,1H3,(H,24,26)(H,27,28)/b13-7+/t18-/m1/s1. The number of aliphatic carboxylic acids is 1. The molecule has 0 aliphatic heterocycles. The number of nitrogens with one attached hydrogen (secondary N) is 1. The third kappa shape index (κ3) is 4.57. The number of amides is 1. The molecule has 7 nitrogen and oxygen atoms in total. The van der Waals surface area contributed by atoms with E-state index in [1.807, 2.05) is 12.1 Å². The van der Waals surface area contributed by atoms with Crippen LogP contribution in [0.15, 0.2) is 60.7 Å². The molecule has 0 unspecified atom stereocenters. The number of hydrogen-bond acceptors (Lipinski definition) is 5. The molecule has 0 aliphatic carbocycles. The number of ether oxygens (including phenoxy) is 1. The van der Waals surface area contributed by atoms with E-state index in [9.17, 15) is 19.5 Å². The lowest BCUT2D eigenvalue weighted by Gasteiger charge is -2.15. The van der Waals surface area contributed by atoms with E-state index in [4.69, 9.17) is 4.74 Å². The van der Waals surface area contributed by atoms with Crippen molar-refractivity contribution in [3.8, 4) is 0 Å². The number of aromatic nitrogens is 1. The highest BCUT2D eigenvalue weighted by molar-refractivity contribution is 6.16. The van der Waals surface area contributed by atoms with Crippen molar-refractivity contribution in [1.82, 2.24) is 10.3 Å². The van der Waals surface area contributed by atoms with Gasteiger partial charge < -0.3 is 15.2 Å². The molecule has 2 N–H and O–H groups in total. The van der Waals surface area contributed by atoms with Gasteiger partial charge in [-0.2, -0.15) is 0 Å². The number of esters is 1. The van der Waals surface area contributed by atoms with E-state index in [0.717, 1.165) is 6.08 Å². The van der Waals surface area contributed by atoms with Crippen LogP contribution in [0.5, 0.6) is 0 Å². The molecule has 29 heavy (non-hydrogen) atoms. The zero-order chi connectivity index (χ0) is 20.8. The van der Waals surface area contributed by atoms with Crippen molar-refractivity contribution in [3.05, 3.63) is 66.2 Å². The van der Waals surface area contributed by atoms with E-state index in [-0.39, 0.29) is 13.0 Å². The Morgan fingerprint density at radius 1 is 1.07 bits per heavy atom. The molecular formula is C22H20N2O5. The molecule has 0 spiro atoms. The highest BCUT2D eigenvalue weighted by atomic mass is 16.5. The molecule has 2 aromatic carbocycles. The second-order valence-corrected chi connectivity index (χ2v) is 6.28. The second-order valence-electron chi connectivity index (χ2n) is 6.28. The lowest BCUT2D eigenvalue weighted by Crippen LogP contribution is -2.40. The number of carbonyl (C=O) groups is 3. The highest BCUT2D eigenvalue weighted by Gasteiger charge is 2.22. The third-order valence-electron chi connectivity index (χ3n) is 4.33. The Balaban J connectivity index is 1.93. The van der Waals surface area contributed by atoms with Crippen molar-refractivity contribution in [2.75, 3.05) is 6.61 Å². The van der Waals surface area contributed by atoms with Crippen LogP contribution >= 0.6 is 0 Å². The number of carboxylic acid groups (broad SMARTS) is 1. The van der Waals surface area contributed by atoms with Crippen LogP contribution in [0.25, 0.3) is 21.8 Å². The van der Waals surface area contributed by atoms with Crippen molar-refractivity contribution in [2.24, 2.45) is 0 Å². The summed E-state index contributed by atoms with van der Waals surface area (Å²) in [6, 6.07) is 13.2. The van der Waals surface area contributed by atoms with Crippen LogP contribution in [0.1, 0.15) is 23.7 Å². The molecular weight excluding hydrogens is 372 g/mol. The van der Waals surface area contributed by atoms with Crippen LogP contribution in [-0.4, -0.2) is 40.6 Å². The second kappa shape index (κ2) is 8.97. The van der Waals surface area contributed by atoms with Crippen LogP contribution < -0.4 is 5.32 Å². The molecule has 7 heteroatoms. The van der Waals surface area contributed by atoms with Crippen molar-refractivity contribution < 1.29 is 24.2 Å². The van der Waals surface area contributed by atoms with Gasteiger partial charge in [0.05, 0.1) is 23.2 Å². The Morgan fingerprint density at radius 3 is 2.21 bits per heavy atom. The van der Waals surface area contributed by atoms with E-state index in [0.29, 0.717) is 27.4 Å². The van der Waals surface area contributed by atoms with Gasteiger partial charge >= 0.3 is 11.9 Å². The molecule has 3 aromatic rings. The molecule has 0 saturated carbocycles. The number of carbonyl (C=O) groups excluding carboxylic acids is 2. The fraction of sp³-hybridized carbons (Fsp3) is 0.182. The maximum absolute atomic E-state index is 13.1. The van der Waals surface area contributed by atoms with Gasteiger partial charge in [0.1, 0.15) is 6.04 Å². The molecule has 3 rings (SSSR count). The zero-order valence-corrected chi connectivity index (χ0v) is 15.8. The normalized spacial score (nSPS) is 12.2. The van der Waals surface area contributed by atoms with Gasteiger partial charge in [0, 0.05) is 16.8 Å². The van der Waals surface area contributed by atoms with Crippen molar-refractivity contribution in [1.29, 1.82) is 0 Å². The van der Waals surface area contributed by atoms with Gasteiger partial charge in [-0.05, 0) is 25.5 Å². The van der Waals surface area contributed by atoms with Gasteiger partial charge in [-0.3, -0.25) is 4.79 Å². The van der Waals surface area contributed by atoms with E-state index in [2.05, 4.69) is 10.3 Å². The first kappa shape index (κ1) is 20.0. The summed E-state index contributed by atoms with van der Waals surface area (Å²) in [5.41, 5.74) is 1.66. The van der Waals surface area contributed by atoms with E-state index in [1.165, 1.54) is 6.08 Å². The van der Waals surface area contributed by atoms with E-state index >= 15 is 0 Å². The number of hydrogen-bond donors (Lipinski definition) is 2. The fourth-order valence-electron chi connectivity index (χ4n) is 3.03. The SMILES string of the molecule is CCOC(=O)/C=C/C[C@@H](NC(=O)c1c2ccccc2nc2ccccc12)C(=O)O. The summed E-state index contributed by atoms with van der Waals surface area (Å²) in [5, 5.41) is 13.3. The molecule has 0 bridgehead atoms. The summed E-state index contributed by atoms with van der Waals surface area (Å²) in [7, 11) is 0. The Kier molecular flexibility index (Phi) is 6.19. The number of carboxylic acids is 1. The van der Waals surface area contributed by atoms with Crippen LogP contribution in [0.2, 0.25) is 0 Å². The monoisotopic (exact) mass is 392 g/mol.